The molecule has 0 aliphatic heterocycles. The molecule has 2 aromatic heterocycles. The standard InChI is InChI=1S/C12H6ClF3N4O/c13-11-17-5-7-6-18-20(10(7)19-11)8-2-1-3-9(4-8)21-12(14,15)16/h1-6H. The number of nitrogens with zero attached hydrogens (tertiary/aromatic N) is 4. The SMILES string of the molecule is FC(F)(F)Oc1cccc(-n2ncc3cnc(Cl)nc32)c1. The Balaban J connectivity index is 2.06. The molecule has 1 aromatic carbocycles. The number of hydrogen-bond donors (Lipinski definition) is 0. The van der Waals surface area contributed by atoms with E-state index in [0.29, 0.717) is 16.7 Å². The van der Waals surface area contributed by atoms with Gasteiger partial charge in [-0.2, -0.15) is 10.1 Å². The van der Waals surface area contributed by atoms with Crippen LogP contribution >= 0.6 is 11.6 Å². The van der Waals surface area contributed by atoms with Gasteiger partial charge in [-0.3, -0.25) is 0 Å². The molecule has 0 unspecified atom stereocenters. The normalized spacial score (nSPS) is 11.8. The second-order valence-electron chi connectivity index (χ2n) is 4.02. The lowest BCUT2D eigenvalue weighted by Crippen LogP contribution is -2.17. The van der Waals surface area contributed by atoms with Crippen LogP contribution < -0.4 is 4.74 Å². The van der Waals surface area contributed by atoms with Gasteiger partial charge in [-0.15, -0.1) is 13.2 Å². The number of aromatic nitrogens is 4. The molecule has 5 nitrogen and oxygen atoms in total. The van der Waals surface area contributed by atoms with E-state index in [9.17, 15) is 13.2 Å². The van der Waals surface area contributed by atoms with Crippen LogP contribution in [0.2, 0.25) is 5.28 Å². The van der Waals surface area contributed by atoms with Crippen molar-refractivity contribution < 1.29 is 17.9 Å². The first-order chi connectivity index (χ1) is 9.92. The van der Waals surface area contributed by atoms with Gasteiger partial charge in [0.25, 0.3) is 0 Å². The predicted octanol–water partition coefficient (Wildman–Crippen LogP) is 3.37. The van der Waals surface area contributed by atoms with Gasteiger partial charge in [-0.25, -0.2) is 9.67 Å². The van der Waals surface area contributed by atoms with Crippen molar-refractivity contribution >= 4 is 22.6 Å². The number of fused-ring (bicyclic) bond motifs is 1. The third-order valence-corrected chi connectivity index (χ3v) is 2.76. The molecule has 0 radical (unpaired) electrons. The number of halogens is 4. The van der Waals surface area contributed by atoms with E-state index in [2.05, 4.69) is 19.8 Å². The average molecular weight is 315 g/mol. The van der Waals surface area contributed by atoms with E-state index in [0.717, 1.165) is 0 Å². The molecule has 108 valence electrons. The average Bonchev–Trinajstić information content (AvgIpc) is 2.80. The first-order valence-electron chi connectivity index (χ1n) is 5.65. The van der Waals surface area contributed by atoms with Crippen molar-refractivity contribution in [2.45, 2.75) is 6.36 Å². The van der Waals surface area contributed by atoms with Crippen molar-refractivity contribution in [1.29, 1.82) is 0 Å². The summed E-state index contributed by atoms with van der Waals surface area (Å²) in [5.41, 5.74) is 0.751. The molecule has 0 saturated carbocycles. The van der Waals surface area contributed by atoms with Crippen LogP contribution in [0.25, 0.3) is 16.7 Å². The summed E-state index contributed by atoms with van der Waals surface area (Å²) >= 11 is 5.72. The zero-order chi connectivity index (χ0) is 15.0. The maximum atomic E-state index is 12.2. The number of hydrogen-bond acceptors (Lipinski definition) is 4. The van der Waals surface area contributed by atoms with Crippen molar-refractivity contribution in [2.24, 2.45) is 0 Å². The van der Waals surface area contributed by atoms with Gasteiger partial charge in [0.05, 0.1) is 17.3 Å². The molecule has 0 fully saturated rings. The van der Waals surface area contributed by atoms with E-state index in [4.69, 9.17) is 11.6 Å². The van der Waals surface area contributed by atoms with Crippen LogP contribution in [0.15, 0.2) is 36.7 Å². The molecule has 0 saturated heterocycles. The Labute approximate surface area is 120 Å². The van der Waals surface area contributed by atoms with E-state index in [1.807, 2.05) is 0 Å². The lowest BCUT2D eigenvalue weighted by Gasteiger charge is -2.10. The van der Waals surface area contributed by atoms with Crippen LogP contribution in [0.3, 0.4) is 0 Å². The maximum absolute atomic E-state index is 12.2. The summed E-state index contributed by atoms with van der Waals surface area (Å²) in [5, 5.41) is 4.70. The molecule has 3 aromatic rings. The Morgan fingerprint density at radius 2 is 2.00 bits per heavy atom. The Bertz CT molecular complexity index is 803. The molecule has 0 amide bonds. The van der Waals surface area contributed by atoms with Gasteiger partial charge in [-0.05, 0) is 23.7 Å². The molecule has 0 atom stereocenters. The minimum absolute atomic E-state index is 0.0203. The molecule has 0 N–H and O–H groups in total. The topological polar surface area (TPSA) is 52.8 Å². The van der Waals surface area contributed by atoms with Crippen LogP contribution in [0.4, 0.5) is 13.2 Å². The lowest BCUT2D eigenvalue weighted by molar-refractivity contribution is -0.274. The number of rotatable bonds is 2. The summed E-state index contributed by atoms with van der Waals surface area (Å²) in [6.07, 6.45) is -1.79. The van der Waals surface area contributed by atoms with Crippen molar-refractivity contribution in [1.82, 2.24) is 19.7 Å². The Morgan fingerprint density at radius 3 is 2.76 bits per heavy atom. The fourth-order valence-corrected chi connectivity index (χ4v) is 1.93. The van der Waals surface area contributed by atoms with Crippen LogP contribution in [-0.4, -0.2) is 26.1 Å². The number of benzene rings is 1. The van der Waals surface area contributed by atoms with E-state index < -0.39 is 6.36 Å². The fourth-order valence-electron chi connectivity index (χ4n) is 1.80. The van der Waals surface area contributed by atoms with Gasteiger partial charge in [0.15, 0.2) is 5.65 Å². The van der Waals surface area contributed by atoms with E-state index >= 15 is 0 Å². The third-order valence-electron chi connectivity index (χ3n) is 2.58. The molecule has 21 heavy (non-hydrogen) atoms. The third kappa shape index (κ3) is 2.89. The summed E-state index contributed by atoms with van der Waals surface area (Å²) in [6, 6.07) is 5.40. The Morgan fingerprint density at radius 1 is 1.19 bits per heavy atom. The highest BCUT2D eigenvalue weighted by atomic mass is 35.5. The zero-order valence-electron chi connectivity index (χ0n) is 10.2. The van der Waals surface area contributed by atoms with Crippen molar-refractivity contribution in [3.05, 3.63) is 41.9 Å². The number of alkyl halides is 3. The van der Waals surface area contributed by atoms with Crippen LogP contribution in [0.5, 0.6) is 5.75 Å². The van der Waals surface area contributed by atoms with Gasteiger partial charge < -0.3 is 4.74 Å². The maximum Gasteiger partial charge on any atom is 0.573 e. The molecular formula is C12H6ClF3N4O. The molecule has 0 aliphatic rings. The highest BCUT2D eigenvalue weighted by Gasteiger charge is 2.31. The molecule has 0 aliphatic carbocycles. The first-order valence-corrected chi connectivity index (χ1v) is 6.03. The highest BCUT2D eigenvalue weighted by molar-refractivity contribution is 6.28. The second-order valence-corrected chi connectivity index (χ2v) is 4.36. The van der Waals surface area contributed by atoms with Gasteiger partial charge in [0.1, 0.15) is 5.75 Å². The summed E-state index contributed by atoms with van der Waals surface area (Å²) in [4.78, 5) is 7.82. The second kappa shape index (κ2) is 4.88. The van der Waals surface area contributed by atoms with Crippen molar-refractivity contribution in [3.63, 3.8) is 0 Å². The molecule has 0 spiro atoms. The summed E-state index contributed by atoms with van der Waals surface area (Å²) in [7, 11) is 0. The summed E-state index contributed by atoms with van der Waals surface area (Å²) < 4.78 is 41.9. The minimum atomic E-state index is -4.75. The van der Waals surface area contributed by atoms with Crippen molar-refractivity contribution in [2.75, 3.05) is 0 Å². The molecule has 3 rings (SSSR count). The summed E-state index contributed by atoms with van der Waals surface area (Å²) in [6.45, 7) is 0. The Hall–Kier alpha value is -2.35. The van der Waals surface area contributed by atoms with E-state index in [1.54, 1.807) is 6.07 Å². The number of ether oxygens (including phenoxy) is 1. The predicted molar refractivity (Wildman–Crippen MR) is 68.4 cm³/mol. The monoisotopic (exact) mass is 314 g/mol. The quantitative estimate of drug-likeness (QED) is 0.681. The smallest absolute Gasteiger partial charge is 0.406 e. The summed E-state index contributed by atoms with van der Waals surface area (Å²) in [5.74, 6) is -0.344. The molecule has 9 heteroatoms. The van der Waals surface area contributed by atoms with Gasteiger partial charge in [0.2, 0.25) is 5.28 Å². The molecule has 2 heterocycles. The van der Waals surface area contributed by atoms with Crippen LogP contribution in [0.1, 0.15) is 0 Å². The molecular weight excluding hydrogens is 309 g/mol. The van der Waals surface area contributed by atoms with Gasteiger partial charge >= 0.3 is 6.36 Å². The zero-order valence-corrected chi connectivity index (χ0v) is 10.9. The lowest BCUT2D eigenvalue weighted by atomic mass is 10.3. The Kier molecular flexibility index (Phi) is 3.17. The molecule has 0 bridgehead atoms. The minimum Gasteiger partial charge on any atom is -0.406 e. The largest absolute Gasteiger partial charge is 0.573 e. The van der Waals surface area contributed by atoms with Crippen LogP contribution in [-0.2, 0) is 0 Å². The van der Waals surface area contributed by atoms with E-state index in [-0.39, 0.29) is 11.0 Å². The highest BCUT2D eigenvalue weighted by Crippen LogP contribution is 2.25. The van der Waals surface area contributed by atoms with Gasteiger partial charge in [-0.1, -0.05) is 6.07 Å². The fraction of sp³-hybridized carbons (Fsp3) is 0.0833. The van der Waals surface area contributed by atoms with Gasteiger partial charge in [0, 0.05) is 12.3 Å². The van der Waals surface area contributed by atoms with Crippen LogP contribution in [0, 0.1) is 0 Å². The van der Waals surface area contributed by atoms with Crippen molar-refractivity contribution in [3.8, 4) is 11.4 Å². The first kappa shape index (κ1) is 13.6. The van der Waals surface area contributed by atoms with E-state index in [1.165, 1.54) is 35.3 Å².